The van der Waals surface area contributed by atoms with Gasteiger partial charge in [-0.15, -0.1) is 17.0 Å². The molecule has 0 aliphatic rings. The van der Waals surface area contributed by atoms with Gasteiger partial charge >= 0.3 is 5.97 Å². The molecule has 0 saturated heterocycles. The highest BCUT2D eigenvalue weighted by Crippen LogP contribution is 2.33. The van der Waals surface area contributed by atoms with Gasteiger partial charge in [0.15, 0.2) is 0 Å². The number of benzene rings is 1. The van der Waals surface area contributed by atoms with E-state index in [0.29, 0.717) is 15.4 Å². The van der Waals surface area contributed by atoms with Crippen molar-refractivity contribution in [2.45, 2.75) is 12.5 Å². The molecule has 1 aromatic carbocycles. The summed E-state index contributed by atoms with van der Waals surface area (Å²) in [7, 11) is 1.30. The normalized spacial score (nSPS) is 11.5. The van der Waals surface area contributed by atoms with E-state index in [9.17, 15) is 9.90 Å². The number of carbonyl (C=O) groups excluding carboxylic acids is 1. The number of rotatable bonds is 3. The van der Waals surface area contributed by atoms with Crippen molar-refractivity contribution in [2.75, 3.05) is 7.11 Å². The largest absolute Gasteiger partial charge is 0.506 e. The monoisotopic (exact) mass is 431 g/mol. The van der Waals surface area contributed by atoms with Gasteiger partial charge in [-0.1, -0.05) is 0 Å². The maximum atomic E-state index is 11.1. The molecule has 1 aromatic rings. The third-order valence-electron chi connectivity index (χ3n) is 2.04. The smallest absolute Gasteiger partial charge is 0.322 e. The Morgan fingerprint density at radius 1 is 1.47 bits per heavy atom. The summed E-state index contributed by atoms with van der Waals surface area (Å²) in [5, 5.41) is 9.50. The van der Waals surface area contributed by atoms with Crippen LogP contribution in [0, 0.1) is 0 Å². The first-order valence-corrected chi connectivity index (χ1v) is 6.04. The maximum Gasteiger partial charge on any atom is 0.322 e. The summed E-state index contributed by atoms with van der Waals surface area (Å²) in [4.78, 5) is 11.1. The van der Waals surface area contributed by atoms with Gasteiger partial charge in [-0.3, -0.25) is 4.79 Å². The summed E-state index contributed by atoms with van der Waals surface area (Å²) < 4.78 is 5.63. The molecular weight excluding hydrogens is 422 g/mol. The summed E-state index contributed by atoms with van der Waals surface area (Å²) >= 11 is 6.41. The SMILES string of the molecule is Br.COC(=O)C(N)Cc1cc(Br)c(O)c(Br)c1. The van der Waals surface area contributed by atoms with Crippen LogP contribution < -0.4 is 5.73 Å². The highest BCUT2D eigenvalue weighted by Gasteiger charge is 2.15. The minimum absolute atomic E-state index is 0. The Morgan fingerprint density at radius 2 is 1.94 bits per heavy atom. The van der Waals surface area contributed by atoms with Gasteiger partial charge in [0.2, 0.25) is 0 Å². The van der Waals surface area contributed by atoms with E-state index in [4.69, 9.17) is 5.73 Å². The van der Waals surface area contributed by atoms with Gasteiger partial charge in [-0.2, -0.15) is 0 Å². The zero-order valence-electron chi connectivity index (χ0n) is 8.94. The summed E-state index contributed by atoms with van der Waals surface area (Å²) in [6.07, 6.45) is 0.351. The van der Waals surface area contributed by atoms with Crippen LogP contribution in [-0.2, 0) is 16.0 Å². The number of methoxy groups -OCH3 is 1. The fraction of sp³-hybridized carbons (Fsp3) is 0.300. The van der Waals surface area contributed by atoms with E-state index >= 15 is 0 Å². The fourth-order valence-electron chi connectivity index (χ4n) is 1.22. The first-order valence-electron chi connectivity index (χ1n) is 4.46. The summed E-state index contributed by atoms with van der Waals surface area (Å²) in [5.74, 6) is -0.337. The molecule has 0 aromatic heterocycles. The molecule has 0 aliphatic heterocycles. The Bertz CT molecular complexity index is 389. The van der Waals surface area contributed by atoms with Crippen LogP contribution in [0.1, 0.15) is 5.56 Å². The predicted molar refractivity (Wildman–Crippen MR) is 77.5 cm³/mol. The van der Waals surface area contributed by atoms with E-state index in [1.165, 1.54) is 7.11 Å². The van der Waals surface area contributed by atoms with Gasteiger partial charge < -0.3 is 15.6 Å². The van der Waals surface area contributed by atoms with Crippen molar-refractivity contribution in [2.24, 2.45) is 5.73 Å². The zero-order valence-corrected chi connectivity index (χ0v) is 13.8. The van der Waals surface area contributed by atoms with Crippen LogP contribution in [0.2, 0.25) is 0 Å². The van der Waals surface area contributed by atoms with E-state index in [2.05, 4.69) is 36.6 Å². The van der Waals surface area contributed by atoms with Crippen molar-refractivity contribution in [3.8, 4) is 5.75 Å². The Kier molecular flexibility index (Phi) is 7.30. The van der Waals surface area contributed by atoms with Gasteiger partial charge in [-0.25, -0.2) is 0 Å². The Morgan fingerprint density at radius 3 is 2.35 bits per heavy atom. The molecule has 1 atom stereocenters. The quantitative estimate of drug-likeness (QED) is 0.718. The molecule has 0 bridgehead atoms. The molecule has 0 saturated carbocycles. The van der Waals surface area contributed by atoms with Gasteiger partial charge in [0.1, 0.15) is 11.8 Å². The average molecular weight is 434 g/mol. The standard InChI is InChI=1S/C10H11Br2NO3.BrH/c1-16-10(15)8(13)4-5-2-6(11)9(14)7(12)3-5;/h2-3,8,14H,4,13H2,1H3;1H. The van der Waals surface area contributed by atoms with Crippen molar-refractivity contribution < 1.29 is 14.6 Å². The highest BCUT2D eigenvalue weighted by molar-refractivity contribution is 9.11. The lowest BCUT2D eigenvalue weighted by Gasteiger charge is -2.10. The summed E-state index contributed by atoms with van der Waals surface area (Å²) in [5.41, 5.74) is 6.46. The van der Waals surface area contributed by atoms with Crippen molar-refractivity contribution in [1.29, 1.82) is 0 Å². The topological polar surface area (TPSA) is 72.5 Å². The van der Waals surface area contributed by atoms with Crippen LogP contribution in [0.25, 0.3) is 0 Å². The number of hydrogen-bond donors (Lipinski definition) is 2. The Hall–Kier alpha value is -0.110. The molecule has 7 heteroatoms. The van der Waals surface area contributed by atoms with Crippen LogP contribution in [0.4, 0.5) is 0 Å². The molecule has 1 rings (SSSR count). The van der Waals surface area contributed by atoms with Crippen LogP contribution >= 0.6 is 48.8 Å². The number of phenolic OH excluding ortho intramolecular Hbond substituents is 1. The van der Waals surface area contributed by atoms with Crippen molar-refractivity contribution in [1.82, 2.24) is 0 Å². The average Bonchev–Trinajstić information content (AvgIpc) is 2.24. The molecule has 4 nitrogen and oxygen atoms in total. The third kappa shape index (κ3) is 4.57. The molecule has 0 heterocycles. The van der Waals surface area contributed by atoms with E-state index in [0.717, 1.165) is 5.56 Å². The van der Waals surface area contributed by atoms with Gasteiger partial charge in [0.05, 0.1) is 16.1 Å². The molecule has 1 unspecified atom stereocenters. The van der Waals surface area contributed by atoms with Gasteiger partial charge in [0.25, 0.3) is 0 Å². The zero-order chi connectivity index (χ0) is 12.3. The lowest BCUT2D eigenvalue weighted by atomic mass is 10.1. The van der Waals surface area contributed by atoms with Crippen LogP contribution in [0.3, 0.4) is 0 Å². The minimum Gasteiger partial charge on any atom is -0.506 e. The number of aromatic hydroxyl groups is 1. The van der Waals surface area contributed by atoms with Crippen LogP contribution in [0.5, 0.6) is 5.75 Å². The molecule has 0 aliphatic carbocycles. The number of carbonyl (C=O) groups is 1. The van der Waals surface area contributed by atoms with E-state index in [-0.39, 0.29) is 22.7 Å². The molecule has 3 N–H and O–H groups in total. The lowest BCUT2D eigenvalue weighted by Crippen LogP contribution is -2.33. The number of ether oxygens (including phenoxy) is 1. The first kappa shape index (κ1) is 16.9. The highest BCUT2D eigenvalue weighted by atomic mass is 79.9. The van der Waals surface area contributed by atoms with Gasteiger partial charge in [-0.05, 0) is 56.0 Å². The van der Waals surface area contributed by atoms with E-state index in [1.807, 2.05) is 0 Å². The number of esters is 1. The summed E-state index contributed by atoms with van der Waals surface area (Å²) in [6.45, 7) is 0. The molecule has 0 amide bonds. The van der Waals surface area contributed by atoms with Gasteiger partial charge in [0, 0.05) is 0 Å². The third-order valence-corrected chi connectivity index (χ3v) is 3.25. The second-order valence-electron chi connectivity index (χ2n) is 3.24. The van der Waals surface area contributed by atoms with E-state index < -0.39 is 12.0 Å². The molecular formula is C10H12Br3NO3. The predicted octanol–water partition coefficient (Wildman–Crippen LogP) is 2.54. The Balaban J connectivity index is 0.00000256. The number of nitrogens with two attached hydrogens (primary N) is 1. The van der Waals surface area contributed by atoms with Crippen molar-refractivity contribution in [3.63, 3.8) is 0 Å². The first-order chi connectivity index (χ1) is 7.45. The lowest BCUT2D eigenvalue weighted by molar-refractivity contribution is -0.142. The molecule has 0 fully saturated rings. The fourth-order valence-corrected chi connectivity index (χ4v) is 2.51. The number of hydrogen-bond acceptors (Lipinski definition) is 4. The van der Waals surface area contributed by atoms with E-state index in [1.54, 1.807) is 12.1 Å². The van der Waals surface area contributed by atoms with Crippen molar-refractivity contribution >= 4 is 54.8 Å². The maximum absolute atomic E-state index is 11.1. The number of halogens is 3. The van der Waals surface area contributed by atoms with Crippen molar-refractivity contribution in [3.05, 3.63) is 26.6 Å². The second-order valence-corrected chi connectivity index (χ2v) is 4.95. The Labute approximate surface area is 127 Å². The second kappa shape index (κ2) is 7.35. The molecule has 0 radical (unpaired) electrons. The molecule has 17 heavy (non-hydrogen) atoms. The number of phenols is 1. The van der Waals surface area contributed by atoms with Crippen LogP contribution in [-0.4, -0.2) is 24.2 Å². The molecule has 0 spiro atoms. The summed E-state index contributed by atoms with van der Waals surface area (Å²) in [6, 6.07) is 2.72. The molecule has 96 valence electrons. The van der Waals surface area contributed by atoms with Crippen LogP contribution in [0.15, 0.2) is 21.1 Å². The minimum atomic E-state index is -0.701.